The maximum absolute atomic E-state index is 12.3. The number of unbranched alkanes of at least 4 members (excludes halogenated alkanes) is 23. The number of rotatable bonds is 43. The van der Waals surface area contributed by atoms with E-state index in [2.05, 4.69) is 55.6 Å². The van der Waals surface area contributed by atoms with Crippen LogP contribution >= 0.6 is 7.82 Å². The van der Waals surface area contributed by atoms with Gasteiger partial charge in [-0.1, -0.05) is 159 Å². The number of hydrogen-bond acceptors (Lipinski definition) is 8. The van der Waals surface area contributed by atoms with Crippen molar-refractivity contribution >= 4 is 25.7 Å². The zero-order valence-electron chi connectivity index (χ0n) is 36.6. The van der Waals surface area contributed by atoms with Crippen LogP contribution in [-0.4, -0.2) is 64.9 Å². The standard InChI is InChI=1S/C46H84NO10P/c1-3-5-7-9-11-13-15-17-18-19-20-21-22-23-24-26-28-30-32-34-36-38-45(50)55-39-42(48)40-56-58(53,54)57-41-43(46(51)52)47-44(49)37-35-33-31-29-27-25-16-14-12-10-8-6-4-2/h11,13-14,16-18,42-43,48H,3-10,12,15,19-41H2,1-2H3,(H,47,49)(H,51,52)(H,53,54)/b13-11-,16-14-,18-17-. The van der Waals surface area contributed by atoms with E-state index in [1.54, 1.807) is 0 Å². The van der Waals surface area contributed by atoms with Crippen molar-refractivity contribution in [2.45, 2.75) is 219 Å². The molecule has 0 fully saturated rings. The van der Waals surface area contributed by atoms with Gasteiger partial charge < -0.3 is 25.2 Å². The van der Waals surface area contributed by atoms with Crippen LogP contribution in [0.15, 0.2) is 36.5 Å². The minimum atomic E-state index is -4.76. The van der Waals surface area contributed by atoms with E-state index in [0.717, 1.165) is 64.2 Å². The predicted octanol–water partition coefficient (Wildman–Crippen LogP) is 12.0. The maximum Gasteiger partial charge on any atom is 0.472 e. The molecule has 0 heterocycles. The van der Waals surface area contributed by atoms with E-state index in [9.17, 15) is 34.1 Å². The summed E-state index contributed by atoms with van der Waals surface area (Å²) >= 11 is 0. The van der Waals surface area contributed by atoms with Crippen molar-refractivity contribution in [2.24, 2.45) is 0 Å². The molecule has 0 aliphatic heterocycles. The molecule has 12 heteroatoms. The topological polar surface area (TPSA) is 169 Å². The summed E-state index contributed by atoms with van der Waals surface area (Å²) in [4.78, 5) is 45.9. The molecule has 58 heavy (non-hydrogen) atoms. The van der Waals surface area contributed by atoms with Crippen molar-refractivity contribution in [3.8, 4) is 0 Å². The summed E-state index contributed by atoms with van der Waals surface area (Å²) < 4.78 is 26.8. The lowest BCUT2D eigenvalue weighted by Crippen LogP contribution is -2.43. The van der Waals surface area contributed by atoms with Crippen molar-refractivity contribution in [3.05, 3.63) is 36.5 Å². The van der Waals surface area contributed by atoms with Crippen LogP contribution in [0.5, 0.6) is 0 Å². The first-order chi connectivity index (χ1) is 28.1. The van der Waals surface area contributed by atoms with Crippen molar-refractivity contribution < 1.29 is 47.8 Å². The fourth-order valence-corrected chi connectivity index (χ4v) is 7.05. The Bertz CT molecular complexity index is 1130. The van der Waals surface area contributed by atoms with Gasteiger partial charge in [-0.3, -0.25) is 18.6 Å². The van der Waals surface area contributed by atoms with Gasteiger partial charge in [0.1, 0.15) is 12.7 Å². The second-order valence-electron chi connectivity index (χ2n) is 15.6. The Morgan fingerprint density at radius 2 is 0.948 bits per heavy atom. The lowest BCUT2D eigenvalue weighted by atomic mass is 10.0. The van der Waals surface area contributed by atoms with Gasteiger partial charge in [0.05, 0.1) is 13.2 Å². The molecule has 0 aliphatic rings. The number of nitrogens with one attached hydrogen (secondary N) is 1. The molecule has 338 valence electrons. The largest absolute Gasteiger partial charge is 0.480 e. The van der Waals surface area contributed by atoms with Gasteiger partial charge in [0.15, 0.2) is 6.04 Å². The molecule has 11 nitrogen and oxygen atoms in total. The van der Waals surface area contributed by atoms with Crippen LogP contribution in [0, 0.1) is 0 Å². The molecule has 0 radical (unpaired) electrons. The molecule has 0 saturated heterocycles. The Morgan fingerprint density at radius 1 is 0.552 bits per heavy atom. The summed E-state index contributed by atoms with van der Waals surface area (Å²) in [5.74, 6) is -2.38. The molecule has 0 aromatic rings. The van der Waals surface area contributed by atoms with E-state index in [1.807, 2.05) is 0 Å². The number of aliphatic hydroxyl groups is 1. The van der Waals surface area contributed by atoms with Gasteiger partial charge in [-0.15, -0.1) is 0 Å². The highest BCUT2D eigenvalue weighted by molar-refractivity contribution is 7.47. The molecule has 0 aliphatic carbocycles. The zero-order chi connectivity index (χ0) is 42.8. The minimum Gasteiger partial charge on any atom is -0.480 e. The first-order valence-corrected chi connectivity index (χ1v) is 24.5. The van der Waals surface area contributed by atoms with Crippen molar-refractivity contribution in [3.63, 3.8) is 0 Å². The number of amides is 1. The van der Waals surface area contributed by atoms with Gasteiger partial charge >= 0.3 is 19.8 Å². The van der Waals surface area contributed by atoms with Gasteiger partial charge in [0.25, 0.3) is 0 Å². The van der Waals surface area contributed by atoms with E-state index >= 15 is 0 Å². The number of carbonyl (C=O) groups is 3. The number of phosphoric acid groups is 1. The SMILES string of the molecule is CCCCC/C=C\C/C=C\CCCCCCCCCCCCCC(=O)OCC(O)COP(=O)(O)OCC(NC(=O)CCCCCCC/C=C\CCCCCC)C(=O)O. The quantitative estimate of drug-likeness (QED) is 0.0201. The van der Waals surface area contributed by atoms with E-state index in [-0.39, 0.29) is 12.8 Å². The van der Waals surface area contributed by atoms with Crippen molar-refractivity contribution in [1.82, 2.24) is 5.32 Å². The third kappa shape index (κ3) is 40.5. The molecule has 0 aromatic carbocycles. The molecule has 3 atom stereocenters. The Labute approximate surface area is 352 Å². The predicted molar refractivity (Wildman–Crippen MR) is 236 cm³/mol. The van der Waals surface area contributed by atoms with Crippen LogP contribution in [0.25, 0.3) is 0 Å². The first-order valence-electron chi connectivity index (χ1n) is 23.0. The van der Waals surface area contributed by atoms with Crippen LogP contribution in [0.2, 0.25) is 0 Å². The Kier molecular flexibility index (Phi) is 39.8. The highest BCUT2D eigenvalue weighted by atomic mass is 31.2. The lowest BCUT2D eigenvalue weighted by Gasteiger charge is -2.18. The van der Waals surface area contributed by atoms with E-state index in [0.29, 0.717) is 12.8 Å². The number of allylic oxidation sites excluding steroid dienone is 6. The average Bonchev–Trinajstić information content (AvgIpc) is 3.20. The number of esters is 1. The zero-order valence-corrected chi connectivity index (χ0v) is 37.5. The number of hydrogen-bond donors (Lipinski definition) is 4. The second kappa shape index (κ2) is 41.4. The molecule has 0 saturated carbocycles. The molecule has 3 unspecified atom stereocenters. The van der Waals surface area contributed by atoms with E-state index in [4.69, 9.17) is 13.8 Å². The fourth-order valence-electron chi connectivity index (χ4n) is 6.28. The number of carboxylic acid groups (broad SMARTS) is 1. The van der Waals surface area contributed by atoms with Gasteiger partial charge in [0, 0.05) is 12.8 Å². The molecule has 0 aromatic heterocycles. The summed E-state index contributed by atoms with van der Waals surface area (Å²) in [6, 6.07) is -1.55. The molecule has 4 N–H and O–H groups in total. The summed E-state index contributed by atoms with van der Waals surface area (Å²) in [6.07, 6.45) is 44.5. The third-order valence-corrected chi connectivity index (χ3v) is 10.9. The van der Waals surface area contributed by atoms with Gasteiger partial charge in [-0.25, -0.2) is 9.36 Å². The van der Waals surface area contributed by atoms with Gasteiger partial charge in [-0.2, -0.15) is 0 Å². The number of ether oxygens (including phenoxy) is 1. The molecule has 0 spiro atoms. The molecular weight excluding hydrogens is 757 g/mol. The lowest BCUT2D eigenvalue weighted by molar-refractivity contribution is -0.147. The number of aliphatic hydroxyl groups excluding tert-OH is 1. The van der Waals surface area contributed by atoms with Crippen LogP contribution < -0.4 is 5.32 Å². The van der Waals surface area contributed by atoms with E-state index in [1.165, 1.54) is 103 Å². The Balaban J connectivity index is 3.84. The number of phosphoric ester groups is 1. The fraction of sp³-hybridized carbons (Fsp3) is 0.804. The molecule has 1 amide bonds. The molecule has 0 rings (SSSR count). The minimum absolute atomic E-state index is 0.136. The van der Waals surface area contributed by atoms with E-state index < -0.39 is 57.6 Å². The smallest absolute Gasteiger partial charge is 0.472 e. The van der Waals surface area contributed by atoms with Crippen LogP contribution in [0.4, 0.5) is 0 Å². The van der Waals surface area contributed by atoms with Crippen LogP contribution in [0.3, 0.4) is 0 Å². The Hall–Kier alpha value is -2.30. The third-order valence-electron chi connectivity index (χ3n) is 9.90. The normalized spacial score (nSPS) is 14.0. The highest BCUT2D eigenvalue weighted by Gasteiger charge is 2.28. The highest BCUT2D eigenvalue weighted by Crippen LogP contribution is 2.43. The van der Waals surface area contributed by atoms with Crippen LogP contribution in [-0.2, 0) is 32.7 Å². The monoisotopic (exact) mass is 842 g/mol. The van der Waals surface area contributed by atoms with Crippen LogP contribution in [0.1, 0.15) is 206 Å². The summed E-state index contributed by atoms with van der Waals surface area (Å²) in [6.45, 7) is 2.55. The summed E-state index contributed by atoms with van der Waals surface area (Å²) in [5.41, 5.74) is 0. The van der Waals surface area contributed by atoms with Crippen molar-refractivity contribution in [1.29, 1.82) is 0 Å². The van der Waals surface area contributed by atoms with Gasteiger partial charge in [-0.05, 0) is 70.6 Å². The summed E-state index contributed by atoms with van der Waals surface area (Å²) in [5, 5.41) is 21.8. The van der Waals surface area contributed by atoms with Crippen molar-refractivity contribution in [2.75, 3.05) is 19.8 Å². The first kappa shape index (κ1) is 55.7. The summed E-state index contributed by atoms with van der Waals surface area (Å²) in [7, 11) is -4.76. The maximum atomic E-state index is 12.3. The molecular formula is C46H84NO10P. The van der Waals surface area contributed by atoms with Gasteiger partial charge in [0.2, 0.25) is 5.91 Å². The number of aliphatic carboxylic acids is 1. The second-order valence-corrected chi connectivity index (χ2v) is 17.0. The number of carboxylic acids is 1. The average molecular weight is 842 g/mol. The molecule has 0 bridgehead atoms. The number of carbonyl (C=O) groups excluding carboxylic acids is 2. The Morgan fingerprint density at radius 3 is 1.45 bits per heavy atom.